The first-order valence-electron chi connectivity index (χ1n) is 10.4. The van der Waals surface area contributed by atoms with Gasteiger partial charge >= 0.3 is 5.97 Å². The van der Waals surface area contributed by atoms with Crippen LogP contribution in [0.25, 0.3) is 11.1 Å². The molecule has 3 aromatic rings. The molecule has 2 heterocycles. The average molecular weight is 472 g/mol. The number of carbonyl (C=O) groups is 2. The van der Waals surface area contributed by atoms with Gasteiger partial charge in [0.2, 0.25) is 11.9 Å². The van der Waals surface area contributed by atoms with E-state index in [1.807, 2.05) is 0 Å². The molecule has 1 atom stereocenters. The number of anilines is 1. The lowest BCUT2D eigenvalue weighted by Gasteiger charge is -2.26. The van der Waals surface area contributed by atoms with E-state index in [4.69, 9.17) is 21.6 Å². The number of amides is 1. The van der Waals surface area contributed by atoms with Crippen molar-refractivity contribution in [3.8, 4) is 11.1 Å². The Bertz CT molecular complexity index is 1280. The molecule has 1 N–H and O–H groups in total. The van der Waals surface area contributed by atoms with Crippen molar-refractivity contribution in [1.29, 1.82) is 0 Å². The topological polar surface area (TPSA) is 70.7 Å². The van der Waals surface area contributed by atoms with Crippen LogP contribution in [-0.4, -0.2) is 17.0 Å². The van der Waals surface area contributed by atoms with Crippen LogP contribution in [0, 0.1) is 17.6 Å². The Morgan fingerprint density at radius 2 is 1.85 bits per heavy atom. The average Bonchev–Trinajstić information content (AvgIpc) is 3.62. The van der Waals surface area contributed by atoms with Crippen molar-refractivity contribution in [2.45, 2.75) is 25.2 Å². The number of rotatable bonds is 5. The van der Waals surface area contributed by atoms with Gasteiger partial charge in [-0.15, -0.1) is 4.94 Å². The summed E-state index contributed by atoms with van der Waals surface area (Å²) in [6, 6.07) is 11.1. The van der Waals surface area contributed by atoms with E-state index in [0.717, 1.165) is 30.0 Å². The molecule has 6 nitrogen and oxygen atoms in total. The van der Waals surface area contributed by atoms with Gasteiger partial charge in [-0.1, -0.05) is 29.5 Å². The second kappa shape index (κ2) is 8.12. The second-order valence-corrected chi connectivity index (χ2v) is 8.59. The second-order valence-electron chi connectivity index (χ2n) is 8.18. The van der Waals surface area contributed by atoms with Gasteiger partial charge in [0, 0.05) is 10.8 Å². The number of hydroxylamine groups is 1. The number of halogens is 3. The van der Waals surface area contributed by atoms with E-state index in [1.54, 1.807) is 6.07 Å². The highest BCUT2D eigenvalue weighted by Gasteiger charge is 2.45. The Hall–Kier alpha value is -3.52. The Morgan fingerprint density at radius 1 is 1.12 bits per heavy atom. The van der Waals surface area contributed by atoms with Crippen LogP contribution in [-0.2, 0) is 4.79 Å². The number of aromatic carboxylic acids is 1. The molecular weight excluding hydrogens is 454 g/mol. The van der Waals surface area contributed by atoms with E-state index in [1.165, 1.54) is 41.3 Å². The summed E-state index contributed by atoms with van der Waals surface area (Å²) in [6.45, 7) is 0. The molecule has 0 spiro atoms. The first kappa shape index (κ1) is 21.3. The maximum atomic E-state index is 14.6. The van der Waals surface area contributed by atoms with Crippen molar-refractivity contribution in [3.05, 3.63) is 82.6 Å². The smallest absolute Gasteiger partial charge is 0.335 e. The highest BCUT2D eigenvalue weighted by Crippen LogP contribution is 2.40. The predicted octanol–water partition coefficient (Wildman–Crippen LogP) is 4.55. The number of fused-ring (bicyclic) bond motifs is 1. The molecule has 2 aliphatic rings. The molecule has 33 heavy (non-hydrogen) atoms. The highest BCUT2D eigenvalue weighted by atomic mass is 35.5. The van der Waals surface area contributed by atoms with Gasteiger partial charge in [-0.3, -0.25) is 4.79 Å². The van der Waals surface area contributed by atoms with Crippen molar-refractivity contribution in [2.75, 3.05) is 5.06 Å². The number of aromatic nitrogens is 1. The summed E-state index contributed by atoms with van der Waals surface area (Å²) in [4.78, 5) is 30.3. The lowest BCUT2D eigenvalue weighted by Crippen LogP contribution is -2.62. The summed E-state index contributed by atoms with van der Waals surface area (Å²) < 4.78 is 30.4. The lowest BCUT2D eigenvalue weighted by atomic mass is 9.94. The molecule has 0 bridgehead atoms. The summed E-state index contributed by atoms with van der Waals surface area (Å²) in [5.74, 6) is -3.15. The van der Waals surface area contributed by atoms with Crippen LogP contribution >= 0.6 is 11.6 Å². The normalized spacial score (nSPS) is 17.5. The number of pyridine rings is 1. The maximum Gasteiger partial charge on any atom is 0.335 e. The fraction of sp³-hybridized carbons (Fsp3) is 0.208. The monoisotopic (exact) mass is 471 g/mol. The Balaban J connectivity index is 1.58. The van der Waals surface area contributed by atoms with E-state index < -0.39 is 23.5 Å². The van der Waals surface area contributed by atoms with E-state index in [2.05, 4.69) is 0 Å². The molecule has 1 aliphatic carbocycles. The van der Waals surface area contributed by atoms with Gasteiger partial charge in [0.15, 0.2) is 5.82 Å². The molecule has 1 aliphatic heterocycles. The zero-order valence-electron chi connectivity index (χ0n) is 17.2. The number of carbonyl (C=O) groups excluding carboxylic acids is 1. The minimum atomic E-state index is -1.09. The lowest BCUT2D eigenvalue weighted by molar-refractivity contribution is -0.900. The van der Waals surface area contributed by atoms with Gasteiger partial charge in [0.05, 0.1) is 27.4 Å². The number of hydrogen-bond donors (Lipinski definition) is 1. The van der Waals surface area contributed by atoms with Gasteiger partial charge in [0.1, 0.15) is 11.7 Å². The minimum Gasteiger partial charge on any atom is -0.478 e. The van der Waals surface area contributed by atoms with Crippen molar-refractivity contribution in [1.82, 2.24) is 0 Å². The van der Waals surface area contributed by atoms with Crippen LogP contribution in [0.15, 0.2) is 54.7 Å². The summed E-state index contributed by atoms with van der Waals surface area (Å²) in [5.41, 5.74) is 0.873. The maximum absolute atomic E-state index is 14.6. The van der Waals surface area contributed by atoms with E-state index >= 15 is 0 Å². The zero-order chi connectivity index (χ0) is 23.3. The van der Waals surface area contributed by atoms with Crippen LogP contribution in [0.5, 0.6) is 0 Å². The van der Waals surface area contributed by atoms with Crippen molar-refractivity contribution in [2.24, 2.45) is 5.92 Å². The van der Waals surface area contributed by atoms with Gasteiger partial charge in [-0.2, -0.15) is 0 Å². The third kappa shape index (κ3) is 3.91. The molecule has 1 fully saturated rings. The van der Waals surface area contributed by atoms with Crippen LogP contribution in [0.1, 0.15) is 41.2 Å². The fourth-order valence-electron chi connectivity index (χ4n) is 3.99. The standard InChI is InChI=1S/C24H17ClF2N2O4/c25-18-8-9-19(26)21(22(18)27)15-5-10-20-17(11-13-1-2-13)23(30)29(33-28(20)12-15)16-6-3-14(4-7-16)24(31)32/h3-10,12-13,17H,1-2,11H2/p+1. The fourth-order valence-corrected chi connectivity index (χ4v) is 4.15. The van der Waals surface area contributed by atoms with Gasteiger partial charge in [-0.25, -0.2) is 13.6 Å². The SMILES string of the molecule is O=C(O)c1ccc(N2O[n+]3cc(-c4c(F)ccc(Cl)c4F)ccc3C(CC3CC3)C2=O)cc1. The molecule has 1 amide bonds. The van der Waals surface area contributed by atoms with Crippen LogP contribution < -0.4 is 14.7 Å². The minimum absolute atomic E-state index is 0.0694. The third-order valence-corrected chi connectivity index (χ3v) is 6.21. The Labute approximate surface area is 192 Å². The number of benzene rings is 2. The molecule has 168 valence electrons. The largest absolute Gasteiger partial charge is 0.478 e. The number of carboxylic acids is 1. The summed E-state index contributed by atoms with van der Waals surface area (Å²) in [5, 5.41) is 10.0. The van der Waals surface area contributed by atoms with Gasteiger partial charge in [0.25, 0.3) is 5.91 Å². The molecule has 5 rings (SSSR count). The van der Waals surface area contributed by atoms with Crippen molar-refractivity contribution in [3.63, 3.8) is 0 Å². The number of carboxylic acid groups (broad SMARTS) is 1. The van der Waals surface area contributed by atoms with Crippen molar-refractivity contribution < 1.29 is 33.1 Å². The first-order chi connectivity index (χ1) is 15.8. The van der Waals surface area contributed by atoms with Crippen LogP contribution in [0.2, 0.25) is 5.02 Å². The quantitative estimate of drug-likeness (QED) is 0.438. The third-order valence-electron chi connectivity index (χ3n) is 5.92. The Kier molecular flexibility index (Phi) is 5.25. The van der Waals surface area contributed by atoms with Crippen LogP contribution in [0.4, 0.5) is 14.5 Å². The van der Waals surface area contributed by atoms with Gasteiger partial charge < -0.3 is 5.11 Å². The van der Waals surface area contributed by atoms with E-state index in [0.29, 0.717) is 23.7 Å². The predicted molar refractivity (Wildman–Crippen MR) is 115 cm³/mol. The molecule has 1 saturated carbocycles. The van der Waals surface area contributed by atoms with Gasteiger partial charge in [-0.05, 0) is 54.8 Å². The summed E-state index contributed by atoms with van der Waals surface area (Å²) >= 11 is 5.85. The van der Waals surface area contributed by atoms with Crippen LogP contribution in [0.3, 0.4) is 0 Å². The molecule has 9 heteroatoms. The zero-order valence-corrected chi connectivity index (χ0v) is 17.9. The van der Waals surface area contributed by atoms with E-state index in [-0.39, 0.29) is 27.6 Å². The molecule has 0 radical (unpaired) electrons. The van der Waals surface area contributed by atoms with E-state index in [9.17, 15) is 18.4 Å². The summed E-state index contributed by atoms with van der Waals surface area (Å²) in [6.07, 6.45) is 4.10. The molecule has 1 unspecified atom stereocenters. The summed E-state index contributed by atoms with van der Waals surface area (Å²) in [7, 11) is 0. The molecule has 2 aromatic carbocycles. The molecular formula is C24H18ClF2N2O4+. The first-order valence-corrected chi connectivity index (χ1v) is 10.8. The number of hydrogen-bond acceptors (Lipinski definition) is 3. The molecule has 0 saturated heterocycles. The molecule has 1 aromatic heterocycles. The Morgan fingerprint density at radius 3 is 2.52 bits per heavy atom. The highest BCUT2D eigenvalue weighted by molar-refractivity contribution is 6.31. The van der Waals surface area contributed by atoms with Crippen molar-refractivity contribution >= 4 is 29.2 Å². The number of nitrogens with zero attached hydrogens (tertiary/aromatic N) is 2.